The quantitative estimate of drug-likeness (QED) is 0.893. The van der Waals surface area contributed by atoms with Crippen molar-refractivity contribution in [3.63, 3.8) is 0 Å². The van der Waals surface area contributed by atoms with Crippen molar-refractivity contribution in [1.29, 1.82) is 0 Å². The highest BCUT2D eigenvalue weighted by atomic mass is 35.5. The van der Waals surface area contributed by atoms with Gasteiger partial charge >= 0.3 is 0 Å². The first-order chi connectivity index (χ1) is 10.0. The highest BCUT2D eigenvalue weighted by Gasteiger charge is 2.19. The molecule has 1 aliphatic heterocycles. The standard InChI is InChI=1S/C16H13ClFNO2/c17-11-3-4-13(18)12(8-11)16(21)10-1-5-14-9(7-10)2-6-15(20)19-14/h1,3-5,7-8,16,21H,2,6H2,(H,19,20). The summed E-state index contributed by atoms with van der Waals surface area (Å²) in [7, 11) is 0. The van der Waals surface area contributed by atoms with Crippen LogP contribution in [0.2, 0.25) is 5.02 Å². The number of amides is 1. The lowest BCUT2D eigenvalue weighted by Gasteiger charge is -2.19. The van der Waals surface area contributed by atoms with Crippen molar-refractivity contribution in [3.8, 4) is 0 Å². The topological polar surface area (TPSA) is 49.3 Å². The molecule has 0 bridgehead atoms. The maximum absolute atomic E-state index is 13.8. The van der Waals surface area contributed by atoms with Gasteiger partial charge in [0.25, 0.3) is 0 Å². The zero-order valence-electron chi connectivity index (χ0n) is 11.1. The average Bonchev–Trinajstić information content (AvgIpc) is 2.48. The van der Waals surface area contributed by atoms with Gasteiger partial charge in [0, 0.05) is 22.7 Å². The number of aryl methyl sites for hydroxylation is 1. The summed E-state index contributed by atoms with van der Waals surface area (Å²) in [4.78, 5) is 11.3. The van der Waals surface area contributed by atoms with Gasteiger partial charge in [-0.2, -0.15) is 0 Å². The molecule has 3 nitrogen and oxygen atoms in total. The zero-order chi connectivity index (χ0) is 15.0. The molecule has 0 radical (unpaired) electrons. The van der Waals surface area contributed by atoms with E-state index in [4.69, 9.17) is 11.6 Å². The van der Waals surface area contributed by atoms with E-state index >= 15 is 0 Å². The van der Waals surface area contributed by atoms with Gasteiger partial charge in [-0.15, -0.1) is 0 Å². The molecule has 0 saturated carbocycles. The van der Waals surface area contributed by atoms with E-state index in [1.165, 1.54) is 18.2 Å². The van der Waals surface area contributed by atoms with Gasteiger partial charge in [-0.05, 0) is 41.8 Å². The monoisotopic (exact) mass is 305 g/mol. The van der Waals surface area contributed by atoms with Crippen LogP contribution >= 0.6 is 11.6 Å². The smallest absolute Gasteiger partial charge is 0.224 e. The van der Waals surface area contributed by atoms with E-state index in [2.05, 4.69) is 5.32 Å². The number of carbonyl (C=O) groups excluding carboxylic acids is 1. The van der Waals surface area contributed by atoms with Crippen molar-refractivity contribution in [2.75, 3.05) is 5.32 Å². The molecular weight excluding hydrogens is 293 g/mol. The molecule has 108 valence electrons. The number of rotatable bonds is 2. The lowest BCUT2D eigenvalue weighted by Crippen LogP contribution is -2.19. The Balaban J connectivity index is 1.97. The van der Waals surface area contributed by atoms with Gasteiger partial charge in [0.05, 0.1) is 0 Å². The zero-order valence-corrected chi connectivity index (χ0v) is 11.8. The molecule has 1 aliphatic rings. The summed E-state index contributed by atoms with van der Waals surface area (Å²) >= 11 is 5.85. The highest BCUT2D eigenvalue weighted by Crippen LogP contribution is 2.31. The van der Waals surface area contributed by atoms with Crippen molar-refractivity contribution in [3.05, 3.63) is 63.9 Å². The summed E-state index contributed by atoms with van der Waals surface area (Å²) in [5.74, 6) is -0.519. The number of nitrogens with one attached hydrogen (secondary N) is 1. The summed E-state index contributed by atoms with van der Waals surface area (Å²) in [6.45, 7) is 0. The van der Waals surface area contributed by atoms with Crippen LogP contribution in [-0.4, -0.2) is 11.0 Å². The average molecular weight is 306 g/mol. The Morgan fingerprint density at radius 1 is 1.19 bits per heavy atom. The highest BCUT2D eigenvalue weighted by molar-refractivity contribution is 6.30. The second-order valence-electron chi connectivity index (χ2n) is 5.03. The molecule has 0 aromatic heterocycles. The minimum Gasteiger partial charge on any atom is -0.384 e. The molecule has 1 amide bonds. The number of fused-ring (bicyclic) bond motifs is 1. The summed E-state index contributed by atoms with van der Waals surface area (Å²) in [6, 6.07) is 9.29. The van der Waals surface area contributed by atoms with Gasteiger partial charge < -0.3 is 10.4 Å². The Bertz CT molecular complexity index is 717. The number of hydrogen-bond donors (Lipinski definition) is 2. The molecule has 5 heteroatoms. The van der Waals surface area contributed by atoms with Gasteiger partial charge in [0.15, 0.2) is 0 Å². The Morgan fingerprint density at radius 2 is 2.00 bits per heavy atom. The molecule has 0 spiro atoms. The molecule has 1 heterocycles. The van der Waals surface area contributed by atoms with Crippen molar-refractivity contribution >= 4 is 23.2 Å². The Kier molecular flexibility index (Phi) is 3.66. The predicted octanol–water partition coefficient (Wildman–Crippen LogP) is 3.45. The molecule has 2 aromatic carbocycles. The molecule has 2 N–H and O–H groups in total. The van der Waals surface area contributed by atoms with Crippen LogP contribution in [0.1, 0.15) is 29.2 Å². The molecule has 2 aromatic rings. The summed E-state index contributed by atoms with van der Waals surface area (Å²) < 4.78 is 13.8. The first-order valence-corrected chi connectivity index (χ1v) is 6.98. The van der Waals surface area contributed by atoms with E-state index < -0.39 is 11.9 Å². The van der Waals surface area contributed by atoms with E-state index in [0.29, 0.717) is 23.4 Å². The van der Waals surface area contributed by atoms with E-state index in [9.17, 15) is 14.3 Å². The minimum absolute atomic E-state index is 0.0170. The van der Waals surface area contributed by atoms with Crippen LogP contribution in [0, 0.1) is 5.82 Å². The fraction of sp³-hybridized carbons (Fsp3) is 0.188. The fourth-order valence-electron chi connectivity index (χ4n) is 2.48. The number of halogens is 2. The number of benzene rings is 2. The Morgan fingerprint density at radius 3 is 2.81 bits per heavy atom. The third-order valence-electron chi connectivity index (χ3n) is 3.59. The molecule has 0 fully saturated rings. The number of carbonyl (C=O) groups is 1. The maximum Gasteiger partial charge on any atom is 0.224 e. The molecule has 0 aliphatic carbocycles. The normalized spacial score (nSPS) is 15.3. The number of hydrogen-bond acceptors (Lipinski definition) is 2. The predicted molar refractivity (Wildman–Crippen MR) is 78.9 cm³/mol. The fourth-order valence-corrected chi connectivity index (χ4v) is 2.66. The third-order valence-corrected chi connectivity index (χ3v) is 3.83. The van der Waals surface area contributed by atoms with Crippen molar-refractivity contribution in [1.82, 2.24) is 0 Å². The second kappa shape index (κ2) is 5.47. The first-order valence-electron chi connectivity index (χ1n) is 6.60. The lowest BCUT2D eigenvalue weighted by molar-refractivity contribution is -0.116. The largest absolute Gasteiger partial charge is 0.384 e. The van der Waals surface area contributed by atoms with E-state index in [-0.39, 0.29) is 11.5 Å². The Hall–Kier alpha value is -1.91. The van der Waals surface area contributed by atoms with E-state index in [0.717, 1.165) is 11.3 Å². The van der Waals surface area contributed by atoms with Crippen LogP contribution < -0.4 is 5.32 Å². The first kappa shape index (κ1) is 14.0. The number of aliphatic hydroxyl groups is 1. The number of anilines is 1. The van der Waals surface area contributed by atoms with Crippen LogP contribution in [0.3, 0.4) is 0 Å². The molecular formula is C16H13ClFNO2. The number of aliphatic hydroxyl groups excluding tert-OH is 1. The van der Waals surface area contributed by atoms with Crippen LogP contribution in [0.15, 0.2) is 36.4 Å². The molecule has 3 rings (SSSR count). The van der Waals surface area contributed by atoms with Gasteiger partial charge in [-0.25, -0.2) is 4.39 Å². The van der Waals surface area contributed by atoms with Crippen molar-refractivity contribution in [2.45, 2.75) is 18.9 Å². The van der Waals surface area contributed by atoms with Crippen LogP contribution in [0.25, 0.3) is 0 Å². The van der Waals surface area contributed by atoms with Gasteiger partial charge in [-0.3, -0.25) is 4.79 Å². The Labute approximate surface area is 126 Å². The van der Waals surface area contributed by atoms with Crippen molar-refractivity contribution < 1.29 is 14.3 Å². The van der Waals surface area contributed by atoms with Gasteiger partial charge in [-0.1, -0.05) is 23.7 Å². The van der Waals surface area contributed by atoms with E-state index in [1.807, 2.05) is 0 Å². The van der Waals surface area contributed by atoms with Crippen LogP contribution in [-0.2, 0) is 11.2 Å². The summed E-state index contributed by atoms with van der Waals surface area (Å²) in [5, 5.41) is 13.5. The molecule has 0 saturated heterocycles. The van der Waals surface area contributed by atoms with Gasteiger partial charge in [0.1, 0.15) is 11.9 Å². The third kappa shape index (κ3) is 2.77. The molecule has 1 unspecified atom stereocenters. The summed E-state index contributed by atoms with van der Waals surface area (Å²) in [6.07, 6.45) is -0.0655. The summed E-state index contributed by atoms with van der Waals surface area (Å²) in [5.41, 5.74) is 2.40. The SMILES string of the molecule is O=C1CCc2cc(C(O)c3cc(Cl)ccc3F)ccc2N1. The van der Waals surface area contributed by atoms with Crippen LogP contribution in [0.5, 0.6) is 0 Å². The molecule has 1 atom stereocenters. The lowest BCUT2D eigenvalue weighted by atomic mass is 9.95. The maximum atomic E-state index is 13.8. The van der Waals surface area contributed by atoms with Gasteiger partial charge in [0.2, 0.25) is 5.91 Å². The van der Waals surface area contributed by atoms with E-state index in [1.54, 1.807) is 18.2 Å². The van der Waals surface area contributed by atoms with Crippen molar-refractivity contribution in [2.24, 2.45) is 0 Å². The minimum atomic E-state index is -1.09. The molecule has 21 heavy (non-hydrogen) atoms. The van der Waals surface area contributed by atoms with Crippen LogP contribution in [0.4, 0.5) is 10.1 Å². The second-order valence-corrected chi connectivity index (χ2v) is 5.47.